The van der Waals surface area contributed by atoms with Gasteiger partial charge >= 0.3 is 0 Å². The lowest BCUT2D eigenvalue weighted by Gasteiger charge is -2.12. The third kappa shape index (κ3) is 3.10. The molecule has 128 valence electrons. The molecule has 0 unspecified atom stereocenters. The maximum Gasteiger partial charge on any atom is 0.279 e. The van der Waals surface area contributed by atoms with E-state index in [-0.39, 0.29) is 5.91 Å². The first-order chi connectivity index (χ1) is 12.2. The first kappa shape index (κ1) is 16.7. The zero-order chi connectivity index (χ0) is 17.8. The van der Waals surface area contributed by atoms with Crippen LogP contribution in [0.1, 0.15) is 18.1 Å². The highest BCUT2D eigenvalue weighted by Gasteiger charge is 2.32. The van der Waals surface area contributed by atoms with Crippen LogP contribution < -0.4 is 14.4 Å². The fourth-order valence-electron chi connectivity index (χ4n) is 2.75. The van der Waals surface area contributed by atoms with Crippen molar-refractivity contribution in [1.29, 1.82) is 0 Å². The Hall–Kier alpha value is -3.15. The number of likely N-dealkylation sites (N-methyl/N-ethyl adjacent to an activating group) is 1. The van der Waals surface area contributed by atoms with Gasteiger partial charge in [0.1, 0.15) is 11.5 Å². The van der Waals surface area contributed by atoms with Crippen LogP contribution in [0.3, 0.4) is 0 Å². The lowest BCUT2D eigenvalue weighted by atomic mass is 10.1. The number of fused-ring (bicyclic) bond motifs is 1. The van der Waals surface area contributed by atoms with Gasteiger partial charge in [-0.05, 0) is 25.1 Å². The molecular weight excluding hydrogens is 318 g/mol. The topological polar surface area (TPSA) is 63.5 Å². The van der Waals surface area contributed by atoms with Gasteiger partial charge in [-0.3, -0.25) is 4.79 Å². The average Bonchev–Trinajstić information content (AvgIpc) is 2.93. The van der Waals surface area contributed by atoms with Crippen molar-refractivity contribution in [1.82, 2.24) is 0 Å². The van der Waals surface area contributed by atoms with Gasteiger partial charge in [0.2, 0.25) is 0 Å². The summed E-state index contributed by atoms with van der Waals surface area (Å²) < 4.78 is 10.5. The average molecular weight is 337 g/mol. The number of amides is 1. The van der Waals surface area contributed by atoms with Crippen molar-refractivity contribution >= 4 is 23.5 Å². The highest BCUT2D eigenvalue weighted by molar-refractivity contribution is 6.54. The predicted molar refractivity (Wildman–Crippen MR) is 98.1 cm³/mol. The summed E-state index contributed by atoms with van der Waals surface area (Å²) in [6, 6.07) is 13.0. The van der Waals surface area contributed by atoms with Crippen molar-refractivity contribution in [3.05, 3.63) is 53.6 Å². The van der Waals surface area contributed by atoms with Crippen LogP contribution in [0.2, 0.25) is 0 Å². The molecule has 1 aliphatic rings. The zero-order valence-electron chi connectivity index (χ0n) is 14.4. The Morgan fingerprint density at radius 2 is 1.92 bits per heavy atom. The number of hydrogen-bond acceptors (Lipinski definition) is 5. The molecule has 2 aromatic rings. The smallest absolute Gasteiger partial charge is 0.279 e. The van der Waals surface area contributed by atoms with E-state index in [2.05, 4.69) is 10.2 Å². The molecule has 0 atom stereocenters. The van der Waals surface area contributed by atoms with E-state index in [9.17, 15) is 4.79 Å². The largest absolute Gasteiger partial charge is 0.497 e. The monoisotopic (exact) mass is 337 g/mol. The van der Waals surface area contributed by atoms with Crippen molar-refractivity contribution in [2.24, 2.45) is 10.2 Å². The van der Waals surface area contributed by atoms with Gasteiger partial charge in [0.25, 0.3) is 5.91 Å². The van der Waals surface area contributed by atoms with Crippen LogP contribution in [0, 0.1) is 0 Å². The van der Waals surface area contributed by atoms with Crippen LogP contribution in [-0.4, -0.2) is 38.6 Å². The number of nitrogens with zero attached hydrogens (tertiary/aromatic N) is 3. The fraction of sp³-hybridized carbons (Fsp3) is 0.211. The molecule has 0 aliphatic carbocycles. The summed E-state index contributed by atoms with van der Waals surface area (Å²) in [7, 11) is 3.17. The minimum absolute atomic E-state index is 0.137. The minimum Gasteiger partial charge on any atom is -0.497 e. The van der Waals surface area contributed by atoms with E-state index < -0.39 is 0 Å². The first-order valence-corrected chi connectivity index (χ1v) is 7.94. The molecule has 25 heavy (non-hydrogen) atoms. The standard InChI is InChI=1S/C19H19N3O3/c1-4-22-16-8-6-5-7-15(16)18(19(22)23)21-20-12-13-9-10-14(24-2)11-17(13)25-3/h5-12H,4H2,1-3H3/b20-12-,21-18+. The van der Waals surface area contributed by atoms with E-state index in [1.54, 1.807) is 31.4 Å². The highest BCUT2D eigenvalue weighted by Crippen LogP contribution is 2.29. The summed E-state index contributed by atoms with van der Waals surface area (Å²) in [5.41, 5.74) is 2.76. The summed E-state index contributed by atoms with van der Waals surface area (Å²) >= 11 is 0. The van der Waals surface area contributed by atoms with Gasteiger partial charge in [-0.25, -0.2) is 0 Å². The Kier molecular flexibility index (Phi) is 4.79. The van der Waals surface area contributed by atoms with E-state index >= 15 is 0 Å². The van der Waals surface area contributed by atoms with Crippen LogP contribution in [0.4, 0.5) is 5.69 Å². The van der Waals surface area contributed by atoms with Crippen molar-refractivity contribution < 1.29 is 14.3 Å². The molecule has 0 saturated carbocycles. The molecule has 0 N–H and O–H groups in total. The molecule has 6 nitrogen and oxygen atoms in total. The Balaban J connectivity index is 1.92. The molecule has 0 spiro atoms. The molecule has 0 saturated heterocycles. The van der Waals surface area contributed by atoms with Crippen LogP contribution >= 0.6 is 0 Å². The lowest BCUT2D eigenvalue weighted by Crippen LogP contribution is -2.29. The van der Waals surface area contributed by atoms with Gasteiger partial charge in [-0.15, -0.1) is 5.10 Å². The molecule has 0 fully saturated rings. The van der Waals surface area contributed by atoms with E-state index in [1.807, 2.05) is 43.3 Å². The second-order valence-electron chi connectivity index (χ2n) is 5.37. The van der Waals surface area contributed by atoms with Crippen molar-refractivity contribution in [2.75, 3.05) is 25.7 Å². The SMILES string of the molecule is CCN1C(=O)/C(=N/N=C\c2ccc(OC)cc2OC)c2ccccc21. The van der Waals surface area contributed by atoms with Crippen LogP contribution in [0.5, 0.6) is 11.5 Å². The van der Waals surface area contributed by atoms with Crippen LogP contribution in [0.15, 0.2) is 52.7 Å². The number of rotatable bonds is 5. The van der Waals surface area contributed by atoms with Crippen molar-refractivity contribution in [2.45, 2.75) is 6.92 Å². The number of carbonyl (C=O) groups is 1. The number of hydrogen-bond donors (Lipinski definition) is 0. The third-order valence-corrected chi connectivity index (χ3v) is 4.01. The number of ether oxygens (including phenoxy) is 2. The molecule has 6 heteroatoms. The third-order valence-electron chi connectivity index (χ3n) is 4.01. The predicted octanol–water partition coefficient (Wildman–Crippen LogP) is 2.89. The number of para-hydroxylation sites is 1. The van der Waals surface area contributed by atoms with Gasteiger partial charge in [-0.2, -0.15) is 5.10 Å². The molecule has 1 amide bonds. The normalized spacial score (nSPS) is 15.1. The van der Waals surface area contributed by atoms with Crippen molar-refractivity contribution in [3.63, 3.8) is 0 Å². The van der Waals surface area contributed by atoms with Gasteiger partial charge in [0.05, 0.1) is 26.1 Å². The molecule has 0 bridgehead atoms. The van der Waals surface area contributed by atoms with Gasteiger partial charge < -0.3 is 14.4 Å². The van der Waals surface area contributed by atoms with Crippen LogP contribution in [0.25, 0.3) is 0 Å². The molecule has 3 rings (SSSR count). The number of carbonyl (C=O) groups excluding carboxylic acids is 1. The molecule has 0 radical (unpaired) electrons. The maximum atomic E-state index is 12.5. The summed E-state index contributed by atoms with van der Waals surface area (Å²) in [6.07, 6.45) is 1.57. The second kappa shape index (κ2) is 7.17. The Bertz CT molecular complexity index is 859. The van der Waals surface area contributed by atoms with E-state index in [4.69, 9.17) is 9.47 Å². The maximum absolute atomic E-state index is 12.5. The molecule has 2 aromatic carbocycles. The van der Waals surface area contributed by atoms with Gasteiger partial charge in [-0.1, -0.05) is 18.2 Å². The first-order valence-electron chi connectivity index (χ1n) is 7.94. The van der Waals surface area contributed by atoms with E-state index in [1.165, 1.54) is 0 Å². The molecule has 1 aliphatic heterocycles. The Labute approximate surface area is 146 Å². The van der Waals surface area contributed by atoms with Gasteiger partial charge in [0, 0.05) is 23.7 Å². The molecular formula is C19H19N3O3. The van der Waals surface area contributed by atoms with Crippen LogP contribution in [-0.2, 0) is 4.79 Å². The summed E-state index contributed by atoms with van der Waals surface area (Å²) in [6.45, 7) is 2.52. The van der Waals surface area contributed by atoms with E-state index in [0.717, 1.165) is 16.8 Å². The number of benzene rings is 2. The zero-order valence-corrected chi connectivity index (χ0v) is 14.4. The molecule has 1 heterocycles. The summed E-state index contributed by atoms with van der Waals surface area (Å²) in [4.78, 5) is 14.2. The Morgan fingerprint density at radius 1 is 1.12 bits per heavy atom. The summed E-state index contributed by atoms with van der Waals surface area (Å²) in [5.74, 6) is 1.18. The van der Waals surface area contributed by atoms with Gasteiger partial charge in [0.15, 0.2) is 5.71 Å². The number of methoxy groups -OCH3 is 2. The summed E-state index contributed by atoms with van der Waals surface area (Å²) in [5, 5.41) is 8.27. The van der Waals surface area contributed by atoms with Crippen molar-refractivity contribution in [3.8, 4) is 11.5 Å². The lowest BCUT2D eigenvalue weighted by molar-refractivity contribution is -0.112. The fourth-order valence-corrected chi connectivity index (χ4v) is 2.75. The quantitative estimate of drug-likeness (QED) is 0.622. The highest BCUT2D eigenvalue weighted by atomic mass is 16.5. The minimum atomic E-state index is -0.137. The number of anilines is 1. The van der Waals surface area contributed by atoms with E-state index in [0.29, 0.717) is 23.8 Å². The molecule has 0 aromatic heterocycles. The Morgan fingerprint density at radius 3 is 2.64 bits per heavy atom. The second-order valence-corrected chi connectivity index (χ2v) is 5.37.